The zero-order valence-corrected chi connectivity index (χ0v) is 14.1. The van der Waals surface area contributed by atoms with Crippen LogP contribution >= 0.6 is 0 Å². The minimum Gasteiger partial charge on any atom is -0.497 e. The molecule has 8 heteroatoms. The lowest BCUT2D eigenvalue weighted by Crippen LogP contribution is -2.08. The first kappa shape index (κ1) is 16.7. The van der Waals surface area contributed by atoms with Crippen LogP contribution in [0.5, 0.6) is 5.75 Å². The van der Waals surface area contributed by atoms with Crippen molar-refractivity contribution in [3.63, 3.8) is 0 Å². The smallest absolute Gasteiger partial charge is 0.344 e. The van der Waals surface area contributed by atoms with Gasteiger partial charge in [0.05, 0.1) is 12.8 Å². The van der Waals surface area contributed by atoms with Crippen LogP contribution in [0.15, 0.2) is 33.3 Å². The van der Waals surface area contributed by atoms with Gasteiger partial charge in [0.25, 0.3) is 5.89 Å². The molecule has 0 aliphatic rings. The highest BCUT2D eigenvalue weighted by Crippen LogP contribution is 2.22. The first-order valence-electron chi connectivity index (χ1n) is 7.71. The van der Waals surface area contributed by atoms with E-state index < -0.39 is 5.97 Å². The molecule has 0 fully saturated rings. The van der Waals surface area contributed by atoms with E-state index in [1.54, 1.807) is 20.1 Å². The number of aryl methyl sites for hydroxylation is 2. The summed E-state index contributed by atoms with van der Waals surface area (Å²) in [6, 6.07) is 7.26. The minimum absolute atomic E-state index is 0.135. The Morgan fingerprint density at radius 2 is 2.08 bits per heavy atom. The summed E-state index contributed by atoms with van der Waals surface area (Å²) >= 11 is 0. The largest absolute Gasteiger partial charge is 0.497 e. The molecule has 2 heterocycles. The molecule has 0 saturated heterocycles. The van der Waals surface area contributed by atoms with E-state index >= 15 is 0 Å². The zero-order valence-electron chi connectivity index (χ0n) is 14.1. The third kappa shape index (κ3) is 3.52. The van der Waals surface area contributed by atoms with E-state index in [4.69, 9.17) is 18.5 Å². The number of hydrogen-bond donors (Lipinski definition) is 0. The lowest BCUT2D eigenvalue weighted by molar-refractivity contribution is 0.0426. The standard InChI is InChI=1S/C17H17N3O5/c1-4-13-15(10(2)24-19-13)17(21)23-9-14-18-16(20-25-14)11-6-5-7-12(8-11)22-3/h5-8H,4,9H2,1-3H3. The molecule has 3 rings (SSSR count). The SMILES string of the molecule is CCc1noc(C)c1C(=O)OCc1nc(-c2cccc(OC)c2)no1. The number of aromatic nitrogens is 3. The van der Waals surface area contributed by atoms with Crippen molar-refractivity contribution in [1.29, 1.82) is 0 Å². The molecule has 2 aromatic heterocycles. The molecule has 0 radical (unpaired) electrons. The monoisotopic (exact) mass is 343 g/mol. The number of benzene rings is 1. The Kier molecular flexibility index (Phi) is 4.78. The molecule has 130 valence electrons. The van der Waals surface area contributed by atoms with E-state index in [9.17, 15) is 4.79 Å². The summed E-state index contributed by atoms with van der Waals surface area (Å²) in [5.74, 6) is 1.16. The van der Waals surface area contributed by atoms with E-state index in [1.165, 1.54) is 0 Å². The van der Waals surface area contributed by atoms with Crippen molar-refractivity contribution in [2.24, 2.45) is 0 Å². The molecular weight excluding hydrogens is 326 g/mol. The molecule has 0 atom stereocenters. The molecule has 0 spiro atoms. The summed E-state index contributed by atoms with van der Waals surface area (Å²) in [6.45, 7) is 3.41. The molecule has 0 N–H and O–H groups in total. The number of nitrogens with zero attached hydrogens (tertiary/aromatic N) is 3. The van der Waals surface area contributed by atoms with Gasteiger partial charge in [-0.15, -0.1) is 0 Å². The normalized spacial score (nSPS) is 10.7. The first-order chi connectivity index (χ1) is 12.1. The van der Waals surface area contributed by atoms with Crippen LogP contribution in [0.3, 0.4) is 0 Å². The van der Waals surface area contributed by atoms with E-state index in [1.807, 2.05) is 25.1 Å². The lowest BCUT2D eigenvalue weighted by Gasteiger charge is -2.01. The summed E-state index contributed by atoms with van der Waals surface area (Å²) in [4.78, 5) is 16.4. The van der Waals surface area contributed by atoms with Crippen molar-refractivity contribution in [2.75, 3.05) is 7.11 Å². The molecule has 0 bridgehead atoms. The maximum Gasteiger partial charge on any atom is 0.344 e. The Morgan fingerprint density at radius 3 is 2.84 bits per heavy atom. The molecule has 25 heavy (non-hydrogen) atoms. The summed E-state index contributed by atoms with van der Waals surface area (Å²) in [5, 5.41) is 7.72. The van der Waals surface area contributed by atoms with Gasteiger partial charge in [-0.1, -0.05) is 29.4 Å². The van der Waals surface area contributed by atoms with Crippen molar-refractivity contribution in [2.45, 2.75) is 26.9 Å². The maximum absolute atomic E-state index is 12.2. The van der Waals surface area contributed by atoms with Gasteiger partial charge in [-0.2, -0.15) is 4.98 Å². The molecule has 1 aromatic carbocycles. The van der Waals surface area contributed by atoms with E-state index in [2.05, 4.69) is 15.3 Å². The number of rotatable bonds is 6. The lowest BCUT2D eigenvalue weighted by atomic mass is 10.1. The zero-order chi connectivity index (χ0) is 17.8. The van der Waals surface area contributed by atoms with Crippen LogP contribution in [0, 0.1) is 6.92 Å². The number of carbonyl (C=O) groups excluding carboxylic acids is 1. The number of hydrogen-bond acceptors (Lipinski definition) is 8. The topological polar surface area (TPSA) is 100 Å². The average molecular weight is 343 g/mol. The molecule has 0 aliphatic heterocycles. The highest BCUT2D eigenvalue weighted by atomic mass is 16.6. The van der Waals surface area contributed by atoms with Gasteiger partial charge >= 0.3 is 5.97 Å². The Bertz CT molecular complexity index is 884. The Morgan fingerprint density at radius 1 is 1.24 bits per heavy atom. The fourth-order valence-electron chi connectivity index (χ4n) is 2.31. The number of ether oxygens (including phenoxy) is 2. The van der Waals surface area contributed by atoms with Crippen LogP contribution in [0.4, 0.5) is 0 Å². The maximum atomic E-state index is 12.2. The fraction of sp³-hybridized carbons (Fsp3) is 0.294. The molecule has 0 aliphatic carbocycles. The van der Waals surface area contributed by atoms with E-state index in [0.29, 0.717) is 35.0 Å². The number of methoxy groups -OCH3 is 1. The van der Waals surface area contributed by atoms with E-state index in [0.717, 1.165) is 5.56 Å². The first-order valence-corrected chi connectivity index (χ1v) is 7.71. The van der Waals surface area contributed by atoms with Gasteiger partial charge in [0.2, 0.25) is 5.82 Å². The summed E-state index contributed by atoms with van der Waals surface area (Å²) in [5.41, 5.74) is 1.64. The third-order valence-corrected chi connectivity index (χ3v) is 3.60. The second kappa shape index (κ2) is 7.16. The van der Waals surface area contributed by atoms with Gasteiger partial charge in [0, 0.05) is 5.56 Å². The molecule has 0 saturated carbocycles. The van der Waals surface area contributed by atoms with Gasteiger partial charge in [-0.05, 0) is 25.5 Å². The summed E-state index contributed by atoms with van der Waals surface area (Å²) in [6.07, 6.45) is 0.572. The quantitative estimate of drug-likeness (QED) is 0.630. The van der Waals surface area contributed by atoms with Crippen LogP contribution in [-0.4, -0.2) is 28.4 Å². The van der Waals surface area contributed by atoms with Crippen molar-refractivity contribution < 1.29 is 23.3 Å². The summed E-state index contributed by atoms with van der Waals surface area (Å²) < 4.78 is 20.6. The fourth-order valence-corrected chi connectivity index (χ4v) is 2.31. The van der Waals surface area contributed by atoms with Crippen LogP contribution < -0.4 is 4.74 Å². The molecular formula is C17H17N3O5. The molecule has 0 unspecified atom stereocenters. The molecule has 3 aromatic rings. The van der Waals surface area contributed by atoms with Crippen molar-refractivity contribution in [1.82, 2.24) is 15.3 Å². The van der Waals surface area contributed by atoms with Crippen LogP contribution in [-0.2, 0) is 17.8 Å². The van der Waals surface area contributed by atoms with E-state index in [-0.39, 0.29) is 12.5 Å². The Balaban J connectivity index is 1.69. The average Bonchev–Trinajstić information content (AvgIpc) is 3.26. The third-order valence-electron chi connectivity index (χ3n) is 3.60. The second-order valence-corrected chi connectivity index (χ2v) is 5.23. The summed E-state index contributed by atoms with van der Waals surface area (Å²) in [7, 11) is 1.58. The second-order valence-electron chi connectivity index (χ2n) is 5.23. The van der Waals surface area contributed by atoms with Crippen LogP contribution in [0.25, 0.3) is 11.4 Å². The molecule has 0 amide bonds. The Hall–Kier alpha value is -3.16. The van der Waals surface area contributed by atoms with Gasteiger partial charge in [0.15, 0.2) is 6.61 Å². The van der Waals surface area contributed by atoms with Gasteiger partial charge < -0.3 is 18.5 Å². The highest BCUT2D eigenvalue weighted by molar-refractivity contribution is 5.91. The number of esters is 1. The number of carbonyl (C=O) groups is 1. The van der Waals surface area contributed by atoms with Crippen LogP contribution in [0.1, 0.15) is 34.6 Å². The minimum atomic E-state index is -0.531. The van der Waals surface area contributed by atoms with Gasteiger partial charge in [-0.25, -0.2) is 4.79 Å². The predicted molar refractivity (Wildman–Crippen MR) is 86.0 cm³/mol. The van der Waals surface area contributed by atoms with Gasteiger partial charge in [0.1, 0.15) is 17.1 Å². The van der Waals surface area contributed by atoms with Crippen LogP contribution in [0.2, 0.25) is 0 Å². The molecule has 8 nitrogen and oxygen atoms in total. The predicted octanol–water partition coefficient (Wildman–Crippen LogP) is 2.96. The van der Waals surface area contributed by atoms with Crippen molar-refractivity contribution in [3.8, 4) is 17.1 Å². The van der Waals surface area contributed by atoms with Crippen molar-refractivity contribution >= 4 is 5.97 Å². The van der Waals surface area contributed by atoms with Gasteiger partial charge in [-0.3, -0.25) is 0 Å². The highest BCUT2D eigenvalue weighted by Gasteiger charge is 2.21. The Labute approximate surface area is 143 Å². The van der Waals surface area contributed by atoms with Crippen molar-refractivity contribution in [3.05, 3.63) is 47.2 Å².